The highest BCUT2D eigenvalue weighted by Gasteiger charge is 2.22. The van der Waals surface area contributed by atoms with Gasteiger partial charge in [0.15, 0.2) is 16.6 Å². The normalized spacial score (nSPS) is 11.3. The molecule has 1 N–H and O–H groups in total. The fourth-order valence-corrected chi connectivity index (χ4v) is 6.82. The van der Waals surface area contributed by atoms with Crippen LogP contribution in [0, 0.1) is 20.8 Å². The van der Waals surface area contributed by atoms with Gasteiger partial charge in [-0.3, -0.25) is 9.36 Å². The van der Waals surface area contributed by atoms with Gasteiger partial charge < -0.3 is 5.11 Å². The smallest absolute Gasteiger partial charge is 0.177 e. The van der Waals surface area contributed by atoms with E-state index in [1.54, 1.807) is 18.3 Å². The van der Waals surface area contributed by atoms with E-state index < -0.39 is 0 Å². The quantitative estimate of drug-likeness (QED) is 0.150. The van der Waals surface area contributed by atoms with Crippen LogP contribution in [-0.2, 0) is 0 Å². The number of halogens is 2. The highest BCUT2D eigenvalue weighted by Crippen LogP contribution is 2.38. The summed E-state index contributed by atoms with van der Waals surface area (Å²) in [6, 6.07) is 19.0. The molecule has 0 aliphatic carbocycles. The zero-order valence-electron chi connectivity index (χ0n) is 20.4. The molecule has 0 fully saturated rings. The minimum absolute atomic E-state index is 0.0432. The molecule has 5 rings (SSSR count). The molecule has 0 aliphatic rings. The van der Waals surface area contributed by atoms with E-state index in [1.807, 2.05) is 41.0 Å². The van der Waals surface area contributed by atoms with Crippen LogP contribution in [0.1, 0.15) is 27.0 Å². The van der Waals surface area contributed by atoms with E-state index in [-0.39, 0.29) is 17.3 Å². The molecule has 3 aromatic carbocycles. The van der Waals surface area contributed by atoms with Crippen molar-refractivity contribution in [3.8, 4) is 22.6 Å². The number of ketones is 1. The largest absolute Gasteiger partial charge is 0.507 e. The maximum absolute atomic E-state index is 13.6. The first-order chi connectivity index (χ1) is 17.7. The Kier molecular flexibility index (Phi) is 7.25. The maximum atomic E-state index is 13.6. The van der Waals surface area contributed by atoms with Gasteiger partial charge in [0.1, 0.15) is 11.3 Å². The fraction of sp³-hybridized carbons (Fsp3) is 0.138. The molecule has 0 amide bonds. The molecule has 8 heteroatoms. The van der Waals surface area contributed by atoms with Crippen LogP contribution in [0.3, 0.4) is 0 Å². The molecular weight excluding hydrogens is 614 g/mol. The lowest BCUT2D eigenvalue weighted by atomic mass is 9.96. The number of hydrogen-bond donors (Lipinski definition) is 1. The third kappa shape index (κ3) is 4.98. The molecule has 37 heavy (non-hydrogen) atoms. The summed E-state index contributed by atoms with van der Waals surface area (Å²) >= 11 is 8.41. The Morgan fingerprint density at radius 2 is 1.73 bits per heavy atom. The number of aromatic hydroxyl groups is 1. The molecule has 5 aromatic rings. The van der Waals surface area contributed by atoms with E-state index in [0.29, 0.717) is 16.3 Å². The van der Waals surface area contributed by atoms with Crippen molar-refractivity contribution >= 4 is 60.6 Å². The van der Waals surface area contributed by atoms with Crippen molar-refractivity contribution < 1.29 is 9.90 Å². The first-order valence-electron chi connectivity index (χ1n) is 11.6. The molecule has 2 aromatic heterocycles. The molecule has 0 aliphatic heterocycles. The summed E-state index contributed by atoms with van der Waals surface area (Å²) in [5.41, 5.74) is 7.72. The summed E-state index contributed by atoms with van der Waals surface area (Å²) in [7, 11) is 0. The maximum Gasteiger partial charge on any atom is 0.177 e. The minimum atomic E-state index is -0.183. The number of aryl methyl sites for hydroxylation is 3. The number of thioether (sulfide) groups is 1. The number of nitrogens with zero attached hydrogens (tertiary/aromatic N) is 3. The van der Waals surface area contributed by atoms with Gasteiger partial charge >= 0.3 is 0 Å². The first-order valence-corrected chi connectivity index (χ1v) is 14.2. The number of aromatic nitrogens is 3. The van der Waals surface area contributed by atoms with Crippen molar-refractivity contribution in [3.63, 3.8) is 0 Å². The average molecular weight is 637 g/mol. The summed E-state index contributed by atoms with van der Waals surface area (Å²) in [6.07, 6.45) is 1.75. The summed E-state index contributed by atoms with van der Waals surface area (Å²) < 4.78 is 3.78. The van der Waals surface area contributed by atoms with E-state index in [2.05, 4.69) is 69.7 Å². The Morgan fingerprint density at radius 1 is 0.973 bits per heavy atom. The molecule has 0 saturated heterocycles. The molecule has 5 nitrogen and oxygen atoms in total. The lowest BCUT2D eigenvalue weighted by Crippen LogP contribution is -2.08. The topological polar surface area (TPSA) is 68.0 Å². The second-order valence-electron chi connectivity index (χ2n) is 8.86. The Balaban J connectivity index is 1.55. The average Bonchev–Trinajstić information content (AvgIpc) is 3.20. The van der Waals surface area contributed by atoms with Crippen LogP contribution < -0.4 is 0 Å². The van der Waals surface area contributed by atoms with Gasteiger partial charge in [-0.2, -0.15) is 0 Å². The van der Waals surface area contributed by atoms with Crippen LogP contribution in [-0.4, -0.2) is 31.2 Å². The molecular formula is C29H23Br2N3O2S. The number of benzene rings is 3. The highest BCUT2D eigenvalue weighted by atomic mass is 79.9. The van der Waals surface area contributed by atoms with Gasteiger partial charge in [0.05, 0.1) is 17.0 Å². The van der Waals surface area contributed by atoms with Crippen LogP contribution in [0.2, 0.25) is 0 Å². The number of phenols is 1. The van der Waals surface area contributed by atoms with Crippen LogP contribution in [0.4, 0.5) is 0 Å². The minimum Gasteiger partial charge on any atom is -0.507 e. The fourth-order valence-electron chi connectivity index (χ4n) is 4.68. The van der Waals surface area contributed by atoms with Gasteiger partial charge in [-0.1, -0.05) is 79.5 Å². The molecule has 0 saturated carbocycles. The van der Waals surface area contributed by atoms with Gasteiger partial charge in [0, 0.05) is 15.1 Å². The monoisotopic (exact) mass is 635 g/mol. The Morgan fingerprint density at radius 3 is 2.46 bits per heavy atom. The third-order valence-electron chi connectivity index (χ3n) is 6.12. The molecule has 186 valence electrons. The van der Waals surface area contributed by atoms with E-state index in [0.717, 1.165) is 42.5 Å². The Labute approximate surface area is 236 Å². The Bertz CT molecular complexity index is 1660. The first kappa shape index (κ1) is 25.7. The highest BCUT2D eigenvalue weighted by molar-refractivity contribution is 9.11. The van der Waals surface area contributed by atoms with E-state index in [4.69, 9.17) is 4.98 Å². The SMILES string of the molecule is Cc1cc(C)c(-n2c(SCC(=O)c3c(O)cccc3-c3ccc(Br)cc3Br)nc3cccnc32)c(C)c1. The zero-order chi connectivity index (χ0) is 26.3. The number of pyridine rings is 1. The van der Waals surface area contributed by atoms with E-state index >= 15 is 0 Å². The number of imidazole rings is 1. The third-order valence-corrected chi connectivity index (χ3v) is 8.21. The number of carbonyl (C=O) groups excluding carboxylic acids is 1. The van der Waals surface area contributed by atoms with Crippen molar-refractivity contribution in [1.82, 2.24) is 14.5 Å². The molecule has 0 unspecified atom stereocenters. The number of phenolic OH excluding ortho intramolecular Hbond substituents is 1. The summed E-state index contributed by atoms with van der Waals surface area (Å²) in [6.45, 7) is 6.23. The zero-order valence-corrected chi connectivity index (χ0v) is 24.4. The van der Waals surface area contributed by atoms with Gasteiger partial charge in [-0.05, 0) is 73.4 Å². The summed E-state index contributed by atoms with van der Waals surface area (Å²) in [4.78, 5) is 23.0. The van der Waals surface area contributed by atoms with Crippen LogP contribution in [0.15, 0.2) is 81.0 Å². The van der Waals surface area contributed by atoms with Crippen LogP contribution in [0.5, 0.6) is 5.75 Å². The Hall–Kier alpha value is -2.94. The number of carbonyl (C=O) groups is 1. The molecule has 0 atom stereocenters. The van der Waals surface area contributed by atoms with Gasteiger partial charge in [0.2, 0.25) is 0 Å². The summed E-state index contributed by atoms with van der Waals surface area (Å²) in [5.74, 6) is -0.124. The molecule has 0 spiro atoms. The van der Waals surface area contributed by atoms with Gasteiger partial charge in [0.25, 0.3) is 0 Å². The molecule has 0 bridgehead atoms. The number of hydrogen-bond acceptors (Lipinski definition) is 5. The molecule has 2 heterocycles. The second kappa shape index (κ2) is 10.4. The van der Waals surface area contributed by atoms with Crippen molar-refractivity contribution in [2.24, 2.45) is 0 Å². The van der Waals surface area contributed by atoms with Crippen molar-refractivity contribution in [2.45, 2.75) is 25.9 Å². The lowest BCUT2D eigenvalue weighted by molar-refractivity contribution is 0.102. The standard InChI is InChI=1S/C29H23Br2N3O2S/c1-16-12-17(2)27(18(3)13-16)34-28-23(7-5-11-32-28)33-29(34)37-15-25(36)26-21(6-4-8-24(26)35)20-10-9-19(30)14-22(20)31/h4-14,35H,15H2,1-3H3. The van der Waals surface area contributed by atoms with Gasteiger partial charge in [-0.15, -0.1) is 0 Å². The number of Topliss-reactive ketones (excluding diaryl/α,β-unsaturated/α-hetero) is 1. The van der Waals surface area contributed by atoms with E-state index in [1.165, 1.54) is 17.3 Å². The molecule has 0 radical (unpaired) electrons. The predicted molar refractivity (Wildman–Crippen MR) is 157 cm³/mol. The van der Waals surface area contributed by atoms with Crippen LogP contribution in [0.25, 0.3) is 28.0 Å². The second-order valence-corrected chi connectivity index (χ2v) is 11.6. The van der Waals surface area contributed by atoms with Crippen molar-refractivity contribution in [2.75, 3.05) is 5.75 Å². The van der Waals surface area contributed by atoms with Crippen molar-refractivity contribution in [3.05, 3.63) is 98.1 Å². The van der Waals surface area contributed by atoms with Crippen molar-refractivity contribution in [1.29, 1.82) is 0 Å². The number of fused-ring (bicyclic) bond motifs is 1. The predicted octanol–water partition coefficient (Wildman–Crippen LogP) is 8.22. The lowest BCUT2D eigenvalue weighted by Gasteiger charge is -2.16. The number of rotatable bonds is 6. The van der Waals surface area contributed by atoms with E-state index in [9.17, 15) is 9.90 Å². The summed E-state index contributed by atoms with van der Waals surface area (Å²) in [5, 5.41) is 11.4. The van der Waals surface area contributed by atoms with Crippen LogP contribution >= 0.6 is 43.6 Å². The van der Waals surface area contributed by atoms with Gasteiger partial charge in [-0.25, -0.2) is 9.97 Å².